The molecule has 0 spiro atoms. The predicted octanol–water partition coefficient (Wildman–Crippen LogP) is 25.0. The lowest BCUT2D eigenvalue weighted by Crippen LogP contribution is -2.13. The number of hydrogen-bond donors (Lipinski definition) is 0. The number of aromatic nitrogens is 5. The van der Waals surface area contributed by atoms with Gasteiger partial charge in [0.25, 0.3) is 5.69 Å². The molecule has 0 saturated carbocycles. The van der Waals surface area contributed by atoms with Crippen LogP contribution in [0.4, 0.5) is 5.69 Å². The van der Waals surface area contributed by atoms with Gasteiger partial charge in [-0.25, -0.2) is 14.8 Å². The third kappa shape index (κ3) is 10.0. The lowest BCUT2D eigenvalue weighted by Gasteiger charge is -2.25. The second-order valence-electron chi connectivity index (χ2n) is 33.1. The van der Waals surface area contributed by atoms with Crippen LogP contribution >= 0.6 is 0 Å². The Labute approximate surface area is 564 Å². The first-order valence-corrected chi connectivity index (χ1v) is 34.1. The van der Waals surface area contributed by atoms with Gasteiger partial charge in [0, 0.05) is 54.2 Å². The zero-order valence-corrected chi connectivity index (χ0v) is 59.1. The Morgan fingerprint density at radius 2 is 0.625 bits per heavy atom. The Balaban J connectivity index is 1.24. The van der Waals surface area contributed by atoms with Crippen LogP contribution in [0.5, 0.6) is 0 Å². The van der Waals surface area contributed by atoms with Gasteiger partial charge in [-0.05, 0) is 151 Å². The monoisotopic (exact) mass is 1250 g/mol. The summed E-state index contributed by atoms with van der Waals surface area (Å²) < 4.78 is 15.3. The van der Waals surface area contributed by atoms with E-state index in [9.17, 15) is 6.57 Å². The van der Waals surface area contributed by atoms with E-state index in [4.69, 9.17) is 19.2 Å². The number of benzene rings is 10. The van der Waals surface area contributed by atoms with Crippen LogP contribution in [0.25, 0.3) is 143 Å². The first-order chi connectivity index (χ1) is 45.4. The Bertz CT molecular complexity index is 5480. The van der Waals surface area contributed by atoms with Crippen LogP contribution in [0, 0.1) is 6.57 Å². The molecule has 0 aliphatic heterocycles. The average molecular weight is 1260 g/mol. The van der Waals surface area contributed by atoms with Crippen molar-refractivity contribution < 1.29 is 4.42 Å². The predicted molar refractivity (Wildman–Crippen MR) is 407 cm³/mol. The van der Waals surface area contributed by atoms with E-state index in [-0.39, 0.29) is 32.5 Å². The minimum Gasteiger partial charge on any atom is -0.466 e. The number of rotatable bonds is 6. The zero-order chi connectivity index (χ0) is 67.7. The third-order valence-corrected chi connectivity index (χ3v) is 20.2. The molecule has 0 saturated heterocycles. The Hall–Kier alpha value is -10.0. The largest absolute Gasteiger partial charge is 0.466 e. The Morgan fingerprint density at radius 1 is 0.312 bits per heavy atom. The molecule has 0 fully saturated rings. The minimum atomic E-state index is -0.155. The molecule has 7 nitrogen and oxygen atoms in total. The smallest absolute Gasteiger partial charge is 0.255 e. The second kappa shape index (κ2) is 21.5. The molecule has 0 N–H and O–H groups in total. The summed E-state index contributed by atoms with van der Waals surface area (Å²) in [5.74, 6) is 0.519. The van der Waals surface area contributed by atoms with Crippen LogP contribution in [-0.2, 0) is 32.5 Å². The molecule has 15 rings (SSSR count). The molecule has 0 radical (unpaired) electrons. The molecule has 0 bridgehead atoms. The van der Waals surface area contributed by atoms with Crippen LogP contribution in [0.2, 0.25) is 0 Å². The maximum Gasteiger partial charge on any atom is 0.255 e. The highest BCUT2D eigenvalue weighted by Gasteiger charge is 2.36. The van der Waals surface area contributed by atoms with Gasteiger partial charge in [0.15, 0.2) is 5.82 Å². The highest BCUT2D eigenvalue weighted by molar-refractivity contribution is 6.24. The third-order valence-electron chi connectivity index (χ3n) is 20.2. The van der Waals surface area contributed by atoms with Gasteiger partial charge in [-0.2, -0.15) is 0 Å². The topological polar surface area (TPSA) is 58.1 Å². The first-order valence-electron chi connectivity index (χ1n) is 34.1. The fourth-order valence-corrected chi connectivity index (χ4v) is 14.6. The van der Waals surface area contributed by atoms with E-state index in [2.05, 4.69) is 320 Å². The van der Waals surface area contributed by atoms with Crippen molar-refractivity contribution in [3.05, 3.63) is 239 Å². The molecular formula is C89H86N6O. The summed E-state index contributed by atoms with van der Waals surface area (Å²) in [6.07, 6.45) is 0. The fourth-order valence-electron chi connectivity index (χ4n) is 14.6. The Morgan fingerprint density at radius 3 is 0.938 bits per heavy atom. The summed E-state index contributed by atoms with van der Waals surface area (Å²) >= 11 is 0. The molecule has 0 aliphatic rings. The summed E-state index contributed by atoms with van der Waals surface area (Å²) in [5.41, 5.74) is 20.9. The lowest BCUT2D eigenvalue weighted by molar-refractivity contribution is 0.590. The molecule has 10 aromatic carbocycles. The minimum absolute atomic E-state index is 0.151. The molecule has 478 valence electrons. The van der Waals surface area contributed by atoms with Crippen molar-refractivity contribution in [3.8, 4) is 51.0 Å². The quantitative estimate of drug-likeness (QED) is 0.156. The number of nitrogens with zero attached hydrogens (tertiary/aromatic N) is 6. The van der Waals surface area contributed by atoms with E-state index in [0.29, 0.717) is 22.7 Å². The molecule has 0 amide bonds. The van der Waals surface area contributed by atoms with Gasteiger partial charge < -0.3 is 18.1 Å². The van der Waals surface area contributed by atoms with E-state index >= 15 is 0 Å². The average Bonchev–Trinajstić information content (AvgIpc) is 1.66. The molecule has 0 unspecified atom stereocenters. The summed E-state index contributed by atoms with van der Waals surface area (Å²) in [5, 5.41) is 8.50. The van der Waals surface area contributed by atoms with Gasteiger partial charge in [0.1, 0.15) is 11.2 Å². The second-order valence-corrected chi connectivity index (χ2v) is 33.1. The van der Waals surface area contributed by atoms with Gasteiger partial charge >= 0.3 is 0 Å². The van der Waals surface area contributed by atoms with Crippen LogP contribution in [-0.4, -0.2) is 23.7 Å². The molecular weight excluding hydrogens is 1170 g/mol. The van der Waals surface area contributed by atoms with Gasteiger partial charge in [0.05, 0.1) is 73.7 Å². The van der Waals surface area contributed by atoms with Crippen LogP contribution in [0.1, 0.15) is 158 Å². The van der Waals surface area contributed by atoms with E-state index in [1.165, 1.54) is 33.4 Å². The normalized spacial score (nSPS) is 13.1. The van der Waals surface area contributed by atoms with Crippen LogP contribution in [0.15, 0.2) is 199 Å². The lowest BCUT2D eigenvalue weighted by atomic mass is 9.85. The zero-order valence-electron chi connectivity index (χ0n) is 59.1. The summed E-state index contributed by atoms with van der Waals surface area (Å²) in [4.78, 5) is 15.9. The van der Waals surface area contributed by atoms with Gasteiger partial charge in [0.2, 0.25) is 0 Å². The van der Waals surface area contributed by atoms with Crippen molar-refractivity contribution in [2.75, 3.05) is 0 Å². The number of para-hydroxylation sites is 1. The first kappa shape index (κ1) is 62.1. The van der Waals surface area contributed by atoms with E-state index < -0.39 is 0 Å². The Kier molecular flexibility index (Phi) is 13.9. The molecule has 5 aromatic heterocycles. The number of furan rings is 1. The van der Waals surface area contributed by atoms with Gasteiger partial charge in [-0.15, -0.1) is 0 Å². The summed E-state index contributed by atoms with van der Waals surface area (Å²) in [7, 11) is 0. The molecule has 15 aromatic rings. The summed E-state index contributed by atoms with van der Waals surface area (Å²) in [6.45, 7) is 51.5. The standard InChI is InChI=1S/C89H86N6O/c1-84(2,3)54-33-39-70-62(45-54)63-46-55(85(4,5)6)34-40-71(63)93(70)78-76-60-31-26-32-61(83-91-68(52-27-22-20-23-28-52)51-69(92-83)53-29-24-21-25-30-53)81(60)96-82(76)77(90-19)79(94-72-41-35-56(86(7,8)9)47-64(72)65-48-57(87(10,11)12)36-42-73(65)94)80(78)95-74-43-37-58(88(13,14)15)49-66(74)67-50-59(89(16,17)18)38-44-75(67)95/h20-51H,1-18H3. The fraction of sp³-hybridized carbons (Fsp3) is 0.270. The van der Waals surface area contributed by atoms with Crippen molar-refractivity contribution in [2.24, 2.45) is 0 Å². The van der Waals surface area contributed by atoms with Crippen molar-refractivity contribution in [1.29, 1.82) is 0 Å². The molecule has 96 heavy (non-hydrogen) atoms. The molecule has 7 heteroatoms. The van der Waals surface area contributed by atoms with E-state index in [1.54, 1.807) is 0 Å². The van der Waals surface area contributed by atoms with Crippen molar-refractivity contribution >= 4 is 93.0 Å². The van der Waals surface area contributed by atoms with E-state index in [0.717, 1.165) is 121 Å². The highest BCUT2D eigenvalue weighted by atomic mass is 16.3. The van der Waals surface area contributed by atoms with Crippen LogP contribution in [0.3, 0.4) is 0 Å². The summed E-state index contributed by atoms with van der Waals surface area (Å²) in [6, 6.07) is 71.7. The molecule has 5 heterocycles. The SMILES string of the molecule is [C-]#[N+]c1c(-n2c3ccc(C(C)(C)C)cc3c3cc(C(C)(C)C)ccc32)c(-n2c3ccc(C(C)(C)C)cc3c3cc(C(C)(C)C)ccc32)c(-n2c3ccc(C(C)(C)C)cc3c3cc(C(C)(C)C)ccc32)c2c1oc1c(-c3nc(-c4ccccc4)cc(-c4ccccc4)n3)cccc12. The molecule has 0 atom stereocenters. The van der Waals surface area contributed by atoms with Crippen LogP contribution < -0.4 is 0 Å². The highest BCUT2D eigenvalue weighted by Crippen LogP contribution is 2.55. The maximum absolute atomic E-state index is 10.1. The van der Waals surface area contributed by atoms with Gasteiger partial charge in [-0.1, -0.05) is 234 Å². The number of fused-ring (bicyclic) bond motifs is 12. The maximum atomic E-state index is 10.1. The van der Waals surface area contributed by atoms with Crippen molar-refractivity contribution in [2.45, 2.75) is 157 Å². The van der Waals surface area contributed by atoms with E-state index in [1.807, 2.05) is 12.1 Å². The van der Waals surface area contributed by atoms with Crippen molar-refractivity contribution in [1.82, 2.24) is 23.7 Å². The van der Waals surface area contributed by atoms with Crippen molar-refractivity contribution in [3.63, 3.8) is 0 Å². The molecule has 0 aliphatic carbocycles. The van der Waals surface area contributed by atoms with Gasteiger partial charge in [-0.3, -0.25) is 0 Å². The number of hydrogen-bond acceptors (Lipinski definition) is 3.